The summed E-state index contributed by atoms with van der Waals surface area (Å²) in [6.45, 7) is 1.35. The van der Waals surface area contributed by atoms with Crippen molar-refractivity contribution in [1.82, 2.24) is 0 Å². The van der Waals surface area contributed by atoms with Crippen molar-refractivity contribution in [2.24, 2.45) is 0 Å². The predicted molar refractivity (Wildman–Crippen MR) is 63.8 cm³/mol. The lowest BCUT2D eigenvalue weighted by Gasteiger charge is -2.19. The summed E-state index contributed by atoms with van der Waals surface area (Å²) >= 11 is 0. The normalized spacial score (nSPS) is 19.5. The van der Waals surface area contributed by atoms with E-state index in [9.17, 15) is 13.2 Å². The fourth-order valence-electron chi connectivity index (χ4n) is 2.22. The zero-order chi connectivity index (χ0) is 14.0. The molecule has 6 heteroatoms. The molecule has 0 radical (unpaired) electrons. The molecule has 2 rings (SSSR count). The number of alkyl halides is 3. The fraction of sp³-hybridized carbons (Fsp3) is 0.462. The van der Waals surface area contributed by atoms with Crippen LogP contribution in [0.1, 0.15) is 17.5 Å². The summed E-state index contributed by atoms with van der Waals surface area (Å²) in [6.07, 6.45) is -3.57. The molecule has 0 saturated carbocycles. The van der Waals surface area contributed by atoms with E-state index in [0.29, 0.717) is 12.2 Å². The van der Waals surface area contributed by atoms with Crippen LogP contribution >= 0.6 is 0 Å². The van der Waals surface area contributed by atoms with Crippen LogP contribution in [0.4, 0.5) is 18.9 Å². The molecule has 19 heavy (non-hydrogen) atoms. The summed E-state index contributed by atoms with van der Waals surface area (Å²) in [5.41, 5.74) is -0.601. The Hall–Kier alpha value is -1.74. The molecule has 1 aliphatic heterocycles. The number of rotatable bonds is 2. The molecule has 1 aromatic rings. The summed E-state index contributed by atoms with van der Waals surface area (Å²) in [7, 11) is 1.61. The number of benzene rings is 1. The molecule has 0 spiro atoms. The average Bonchev–Trinajstić information content (AvgIpc) is 2.85. The molecule has 1 unspecified atom stereocenters. The molecule has 0 N–H and O–H groups in total. The second-order valence-electron chi connectivity index (χ2n) is 4.43. The number of hydrogen-bond donors (Lipinski definition) is 0. The van der Waals surface area contributed by atoms with Crippen LogP contribution in [-0.4, -0.2) is 26.3 Å². The van der Waals surface area contributed by atoms with Crippen LogP contribution in [0.2, 0.25) is 0 Å². The molecular weight excluding hydrogens is 257 g/mol. The molecule has 102 valence electrons. The summed E-state index contributed by atoms with van der Waals surface area (Å²) < 4.78 is 43.2. The molecule has 1 atom stereocenters. The molecule has 0 amide bonds. The zero-order valence-electron chi connectivity index (χ0n) is 10.4. The third-order valence-corrected chi connectivity index (χ3v) is 3.27. The predicted octanol–water partition coefficient (Wildman–Crippen LogP) is 2.80. The van der Waals surface area contributed by atoms with Gasteiger partial charge in [0.1, 0.15) is 0 Å². The van der Waals surface area contributed by atoms with Gasteiger partial charge in [0.25, 0.3) is 0 Å². The van der Waals surface area contributed by atoms with Gasteiger partial charge in [0.15, 0.2) is 0 Å². The van der Waals surface area contributed by atoms with Crippen molar-refractivity contribution >= 4 is 5.69 Å². The quantitative estimate of drug-likeness (QED) is 0.829. The minimum absolute atomic E-state index is 0.0906. The molecule has 0 bridgehead atoms. The Kier molecular flexibility index (Phi) is 3.67. The highest BCUT2D eigenvalue weighted by Gasteiger charge is 2.34. The zero-order valence-corrected chi connectivity index (χ0v) is 10.4. The lowest BCUT2D eigenvalue weighted by molar-refractivity contribution is -0.137. The number of nitriles is 1. The number of anilines is 1. The smallest absolute Gasteiger partial charge is 0.380 e. The van der Waals surface area contributed by atoms with E-state index >= 15 is 0 Å². The van der Waals surface area contributed by atoms with Gasteiger partial charge in [0, 0.05) is 25.9 Å². The van der Waals surface area contributed by atoms with Crippen molar-refractivity contribution in [2.45, 2.75) is 18.7 Å². The van der Waals surface area contributed by atoms with Crippen molar-refractivity contribution in [3.63, 3.8) is 0 Å². The van der Waals surface area contributed by atoms with Crippen molar-refractivity contribution in [1.29, 1.82) is 5.26 Å². The first-order valence-corrected chi connectivity index (χ1v) is 5.85. The number of halogens is 3. The second kappa shape index (κ2) is 5.10. The molecular formula is C13H13F3N2O. The molecule has 1 aliphatic rings. The van der Waals surface area contributed by atoms with Crippen LogP contribution < -0.4 is 4.90 Å². The first-order valence-electron chi connectivity index (χ1n) is 5.85. The van der Waals surface area contributed by atoms with Crippen molar-refractivity contribution in [3.8, 4) is 6.07 Å². The van der Waals surface area contributed by atoms with E-state index < -0.39 is 11.7 Å². The van der Waals surface area contributed by atoms with Crippen molar-refractivity contribution < 1.29 is 17.9 Å². The lowest BCUT2D eigenvalue weighted by atomic mass is 10.1. The van der Waals surface area contributed by atoms with Gasteiger partial charge in [-0.1, -0.05) is 0 Å². The summed E-state index contributed by atoms with van der Waals surface area (Å²) in [4.78, 5) is 1.93. The Morgan fingerprint density at radius 1 is 1.42 bits per heavy atom. The third kappa shape index (κ3) is 2.82. The van der Waals surface area contributed by atoms with E-state index in [1.165, 1.54) is 12.1 Å². The molecule has 1 aromatic carbocycles. The average molecular weight is 270 g/mol. The maximum Gasteiger partial charge on any atom is 0.417 e. The Morgan fingerprint density at radius 2 is 2.16 bits per heavy atom. The number of nitrogens with zero attached hydrogens (tertiary/aromatic N) is 2. The first-order chi connectivity index (χ1) is 8.95. The Morgan fingerprint density at radius 3 is 2.68 bits per heavy atom. The molecule has 0 aromatic heterocycles. The SMILES string of the molecule is COC1CCN(c2ccc(C(F)(F)F)c(C#N)c2)C1. The van der Waals surface area contributed by atoms with Crippen LogP contribution in [0.15, 0.2) is 18.2 Å². The fourth-order valence-corrected chi connectivity index (χ4v) is 2.22. The van der Waals surface area contributed by atoms with E-state index in [0.717, 1.165) is 19.0 Å². The topological polar surface area (TPSA) is 36.3 Å². The second-order valence-corrected chi connectivity index (χ2v) is 4.43. The van der Waals surface area contributed by atoms with Gasteiger partial charge in [-0.3, -0.25) is 0 Å². The maximum atomic E-state index is 12.7. The van der Waals surface area contributed by atoms with Gasteiger partial charge in [-0.2, -0.15) is 18.4 Å². The molecule has 0 aliphatic carbocycles. The summed E-state index contributed by atoms with van der Waals surface area (Å²) in [5, 5.41) is 8.85. The minimum Gasteiger partial charge on any atom is -0.380 e. The van der Waals surface area contributed by atoms with Gasteiger partial charge in [-0.15, -0.1) is 0 Å². The standard InChI is InChI=1S/C13H13F3N2O/c1-19-11-4-5-18(8-11)10-2-3-12(13(14,15)16)9(6-10)7-17/h2-3,6,11H,4-5,8H2,1H3. The highest BCUT2D eigenvalue weighted by molar-refractivity contribution is 5.56. The first kappa shape index (κ1) is 13.7. The van der Waals surface area contributed by atoms with Crippen LogP contribution in [-0.2, 0) is 10.9 Å². The summed E-state index contributed by atoms with van der Waals surface area (Å²) in [5.74, 6) is 0. The van der Waals surface area contributed by atoms with E-state index in [2.05, 4.69) is 0 Å². The van der Waals surface area contributed by atoms with Gasteiger partial charge in [-0.25, -0.2) is 0 Å². The lowest BCUT2D eigenvalue weighted by Crippen LogP contribution is -2.22. The van der Waals surface area contributed by atoms with Gasteiger partial charge in [-0.05, 0) is 24.6 Å². The van der Waals surface area contributed by atoms with Crippen molar-refractivity contribution in [3.05, 3.63) is 29.3 Å². The van der Waals surface area contributed by atoms with Crippen LogP contribution in [0.3, 0.4) is 0 Å². The molecule has 3 nitrogen and oxygen atoms in total. The van der Waals surface area contributed by atoms with Gasteiger partial charge >= 0.3 is 6.18 Å². The van der Waals surface area contributed by atoms with Crippen LogP contribution in [0, 0.1) is 11.3 Å². The number of methoxy groups -OCH3 is 1. The third-order valence-electron chi connectivity index (χ3n) is 3.27. The van der Waals surface area contributed by atoms with Crippen LogP contribution in [0.5, 0.6) is 0 Å². The van der Waals surface area contributed by atoms with Crippen LogP contribution in [0.25, 0.3) is 0 Å². The van der Waals surface area contributed by atoms with Gasteiger partial charge in [0.05, 0.1) is 23.3 Å². The molecule has 1 fully saturated rings. The van der Waals surface area contributed by atoms with E-state index in [4.69, 9.17) is 10.00 Å². The van der Waals surface area contributed by atoms with E-state index in [1.54, 1.807) is 13.2 Å². The van der Waals surface area contributed by atoms with E-state index in [1.807, 2.05) is 4.90 Å². The molecule has 1 saturated heterocycles. The van der Waals surface area contributed by atoms with E-state index in [-0.39, 0.29) is 11.7 Å². The number of hydrogen-bond acceptors (Lipinski definition) is 3. The minimum atomic E-state index is -4.50. The summed E-state index contributed by atoms with van der Waals surface area (Å²) in [6, 6.07) is 5.28. The molecule has 1 heterocycles. The number of ether oxygens (including phenoxy) is 1. The van der Waals surface area contributed by atoms with Gasteiger partial charge in [0.2, 0.25) is 0 Å². The Bertz CT molecular complexity index is 508. The monoisotopic (exact) mass is 270 g/mol. The largest absolute Gasteiger partial charge is 0.417 e. The Balaban J connectivity index is 2.28. The van der Waals surface area contributed by atoms with Gasteiger partial charge < -0.3 is 9.64 Å². The highest BCUT2D eigenvalue weighted by atomic mass is 19.4. The highest BCUT2D eigenvalue weighted by Crippen LogP contribution is 2.34. The maximum absolute atomic E-state index is 12.7. The van der Waals surface area contributed by atoms with Crippen molar-refractivity contribution in [2.75, 3.05) is 25.1 Å². The Labute approximate surface area is 109 Å².